The summed E-state index contributed by atoms with van der Waals surface area (Å²) in [6, 6.07) is 12.0. The van der Waals surface area contributed by atoms with Crippen LogP contribution in [0.25, 0.3) is 17.0 Å². The van der Waals surface area contributed by atoms with Crippen LogP contribution in [0.15, 0.2) is 36.4 Å². The first-order valence-electron chi connectivity index (χ1n) is 6.46. The number of nitrogens with zero attached hydrogens (tertiary/aromatic N) is 4. The van der Waals surface area contributed by atoms with Crippen molar-refractivity contribution in [1.29, 1.82) is 0 Å². The van der Waals surface area contributed by atoms with E-state index in [2.05, 4.69) is 39.4 Å². The number of anilines is 2. The highest BCUT2D eigenvalue weighted by Crippen LogP contribution is 2.24. The molecular weight excluding hydrogens is 250 g/mol. The van der Waals surface area contributed by atoms with Gasteiger partial charge < -0.3 is 10.6 Å². The zero-order valence-electron chi connectivity index (χ0n) is 11.8. The zero-order valence-corrected chi connectivity index (χ0v) is 11.8. The minimum atomic E-state index is 0.739. The molecule has 0 atom stereocenters. The monoisotopic (exact) mass is 267 g/mol. The number of fused-ring (bicyclic) bond motifs is 1. The molecule has 0 aliphatic rings. The fourth-order valence-corrected chi connectivity index (χ4v) is 2.24. The maximum Gasteiger partial charge on any atom is 0.168 e. The van der Waals surface area contributed by atoms with E-state index in [0.717, 1.165) is 34.1 Å². The standard InChI is InChI=1S/C15H17N5/c1-10-13(16)8-9-14-17-18-15(20(10)14)11-4-6-12(7-5-11)19(2)3/h4-9H,16H2,1-3H3. The molecule has 0 aliphatic heterocycles. The molecule has 0 spiro atoms. The van der Waals surface area contributed by atoms with E-state index in [-0.39, 0.29) is 0 Å². The molecule has 0 radical (unpaired) electrons. The average Bonchev–Trinajstić information content (AvgIpc) is 2.87. The highest BCUT2D eigenvalue weighted by Gasteiger charge is 2.11. The number of pyridine rings is 1. The van der Waals surface area contributed by atoms with Gasteiger partial charge in [0.1, 0.15) is 0 Å². The minimum absolute atomic E-state index is 0.739. The van der Waals surface area contributed by atoms with E-state index in [1.165, 1.54) is 0 Å². The molecule has 0 unspecified atom stereocenters. The Morgan fingerprint density at radius 2 is 1.70 bits per heavy atom. The van der Waals surface area contributed by atoms with Crippen LogP contribution in [0.1, 0.15) is 5.69 Å². The molecule has 0 bridgehead atoms. The van der Waals surface area contributed by atoms with Crippen molar-refractivity contribution in [3.05, 3.63) is 42.1 Å². The minimum Gasteiger partial charge on any atom is -0.397 e. The van der Waals surface area contributed by atoms with Crippen LogP contribution in [0.3, 0.4) is 0 Å². The van der Waals surface area contributed by atoms with Crippen LogP contribution in [0.5, 0.6) is 0 Å². The van der Waals surface area contributed by atoms with Gasteiger partial charge in [0.2, 0.25) is 0 Å². The summed E-state index contributed by atoms with van der Waals surface area (Å²) in [6.07, 6.45) is 0. The van der Waals surface area contributed by atoms with E-state index >= 15 is 0 Å². The van der Waals surface area contributed by atoms with Gasteiger partial charge in [-0.3, -0.25) is 4.40 Å². The van der Waals surface area contributed by atoms with Crippen molar-refractivity contribution in [2.45, 2.75) is 6.92 Å². The molecule has 2 aromatic heterocycles. The molecule has 0 saturated heterocycles. The van der Waals surface area contributed by atoms with Crippen LogP contribution in [0.4, 0.5) is 11.4 Å². The molecule has 102 valence electrons. The summed E-state index contributed by atoms with van der Waals surface area (Å²) in [5.41, 5.74) is 10.7. The average molecular weight is 267 g/mol. The molecule has 0 aliphatic carbocycles. The van der Waals surface area contributed by atoms with E-state index in [1.807, 2.05) is 37.6 Å². The largest absolute Gasteiger partial charge is 0.397 e. The lowest BCUT2D eigenvalue weighted by Gasteiger charge is -2.12. The van der Waals surface area contributed by atoms with Gasteiger partial charge in [-0.2, -0.15) is 0 Å². The van der Waals surface area contributed by atoms with Crippen molar-refractivity contribution >= 4 is 17.0 Å². The number of benzene rings is 1. The van der Waals surface area contributed by atoms with Crippen molar-refractivity contribution in [2.75, 3.05) is 24.7 Å². The molecule has 20 heavy (non-hydrogen) atoms. The SMILES string of the molecule is Cc1c(N)ccc2nnc(-c3ccc(N(C)C)cc3)n12. The molecule has 0 saturated carbocycles. The molecular formula is C15H17N5. The predicted molar refractivity (Wildman–Crippen MR) is 81.9 cm³/mol. The van der Waals surface area contributed by atoms with Gasteiger partial charge in [-0.1, -0.05) is 0 Å². The van der Waals surface area contributed by atoms with Gasteiger partial charge in [0, 0.05) is 31.0 Å². The van der Waals surface area contributed by atoms with Gasteiger partial charge >= 0.3 is 0 Å². The molecule has 2 heterocycles. The predicted octanol–water partition coefficient (Wildman–Crippen LogP) is 2.35. The lowest BCUT2D eigenvalue weighted by atomic mass is 10.2. The molecule has 5 heteroatoms. The summed E-state index contributed by atoms with van der Waals surface area (Å²) in [4.78, 5) is 2.06. The Kier molecular flexibility index (Phi) is 2.82. The van der Waals surface area contributed by atoms with Gasteiger partial charge in [0.05, 0.1) is 5.69 Å². The Morgan fingerprint density at radius 1 is 1.00 bits per heavy atom. The third-order valence-electron chi connectivity index (χ3n) is 3.50. The third-order valence-corrected chi connectivity index (χ3v) is 3.50. The van der Waals surface area contributed by atoms with Gasteiger partial charge in [-0.05, 0) is 43.3 Å². The Morgan fingerprint density at radius 3 is 2.35 bits per heavy atom. The number of nitrogen functional groups attached to an aromatic ring is 1. The maximum atomic E-state index is 5.97. The van der Waals surface area contributed by atoms with E-state index in [9.17, 15) is 0 Å². The lowest BCUT2D eigenvalue weighted by molar-refractivity contribution is 1.08. The quantitative estimate of drug-likeness (QED) is 0.774. The Hall–Kier alpha value is -2.56. The second-order valence-corrected chi connectivity index (χ2v) is 5.03. The smallest absolute Gasteiger partial charge is 0.168 e. The molecule has 0 fully saturated rings. The first-order valence-corrected chi connectivity index (χ1v) is 6.46. The third kappa shape index (κ3) is 1.87. The van der Waals surface area contributed by atoms with E-state index in [4.69, 9.17) is 5.73 Å². The fraction of sp³-hybridized carbons (Fsp3) is 0.200. The van der Waals surface area contributed by atoms with Crippen LogP contribution in [-0.2, 0) is 0 Å². The van der Waals surface area contributed by atoms with Crippen molar-refractivity contribution in [2.24, 2.45) is 0 Å². The Balaban J connectivity index is 2.17. The number of aryl methyl sites for hydroxylation is 1. The van der Waals surface area contributed by atoms with Crippen LogP contribution in [0.2, 0.25) is 0 Å². The first-order chi connectivity index (χ1) is 9.58. The summed E-state index contributed by atoms with van der Waals surface area (Å²) in [6.45, 7) is 1.98. The zero-order chi connectivity index (χ0) is 14.3. The van der Waals surface area contributed by atoms with Gasteiger partial charge in [-0.15, -0.1) is 10.2 Å². The van der Waals surface area contributed by atoms with Crippen molar-refractivity contribution in [3.8, 4) is 11.4 Å². The Bertz CT molecular complexity index is 756. The number of aromatic nitrogens is 3. The van der Waals surface area contributed by atoms with Crippen LogP contribution in [0, 0.1) is 6.92 Å². The normalized spacial score (nSPS) is 10.9. The highest BCUT2D eigenvalue weighted by molar-refractivity contribution is 5.65. The number of hydrogen-bond acceptors (Lipinski definition) is 4. The first kappa shape index (κ1) is 12.5. The Labute approximate surface area is 117 Å². The van der Waals surface area contributed by atoms with E-state index < -0.39 is 0 Å². The molecule has 2 N–H and O–H groups in total. The van der Waals surface area contributed by atoms with Crippen LogP contribution in [-0.4, -0.2) is 28.7 Å². The molecule has 0 amide bonds. The summed E-state index contributed by atoms with van der Waals surface area (Å²) in [7, 11) is 4.04. The van der Waals surface area contributed by atoms with Crippen molar-refractivity contribution in [3.63, 3.8) is 0 Å². The maximum absolute atomic E-state index is 5.97. The topological polar surface area (TPSA) is 59.5 Å². The number of rotatable bonds is 2. The van der Waals surface area contributed by atoms with Crippen molar-refractivity contribution in [1.82, 2.24) is 14.6 Å². The highest BCUT2D eigenvalue weighted by atomic mass is 15.3. The molecule has 1 aromatic carbocycles. The second kappa shape index (κ2) is 4.52. The van der Waals surface area contributed by atoms with Crippen molar-refractivity contribution < 1.29 is 0 Å². The van der Waals surface area contributed by atoms with Gasteiger partial charge in [0.25, 0.3) is 0 Å². The van der Waals surface area contributed by atoms with Gasteiger partial charge in [-0.25, -0.2) is 0 Å². The van der Waals surface area contributed by atoms with Crippen LogP contribution >= 0.6 is 0 Å². The number of nitrogens with two attached hydrogens (primary N) is 1. The fourth-order valence-electron chi connectivity index (χ4n) is 2.24. The summed E-state index contributed by atoms with van der Waals surface area (Å²) >= 11 is 0. The second-order valence-electron chi connectivity index (χ2n) is 5.03. The molecule has 3 aromatic rings. The summed E-state index contributed by atoms with van der Waals surface area (Å²) < 4.78 is 1.99. The van der Waals surface area contributed by atoms with Gasteiger partial charge in [0.15, 0.2) is 11.5 Å². The molecule has 5 nitrogen and oxygen atoms in total. The summed E-state index contributed by atoms with van der Waals surface area (Å²) in [5, 5.41) is 8.49. The lowest BCUT2D eigenvalue weighted by Crippen LogP contribution is -2.08. The van der Waals surface area contributed by atoms with Crippen LogP contribution < -0.4 is 10.6 Å². The summed E-state index contributed by atoms with van der Waals surface area (Å²) in [5.74, 6) is 0.815. The molecule has 3 rings (SSSR count). The number of hydrogen-bond donors (Lipinski definition) is 1. The van der Waals surface area contributed by atoms with E-state index in [0.29, 0.717) is 0 Å². The van der Waals surface area contributed by atoms with E-state index in [1.54, 1.807) is 0 Å².